The van der Waals surface area contributed by atoms with Crippen LogP contribution in [0.2, 0.25) is 0 Å². The molecular weight excluding hydrogens is 210 g/mol. The van der Waals surface area contributed by atoms with E-state index < -0.39 is 11.6 Å². The van der Waals surface area contributed by atoms with Gasteiger partial charge in [0.2, 0.25) is 0 Å². The zero-order valence-corrected chi connectivity index (χ0v) is 10.4. The molecule has 0 aliphatic carbocycles. The highest BCUT2D eigenvalue weighted by Gasteiger charge is 2.15. The first-order valence-corrected chi connectivity index (χ1v) is 5.33. The van der Waals surface area contributed by atoms with Gasteiger partial charge in [0, 0.05) is 6.42 Å². The summed E-state index contributed by atoms with van der Waals surface area (Å²) in [7, 11) is 1.71. The number of carbonyl (C=O) groups excluding carboxylic acids is 1. The Morgan fingerprint density at radius 3 is 2.31 bits per heavy atom. The first-order chi connectivity index (χ1) is 7.20. The monoisotopic (exact) mass is 231 g/mol. The van der Waals surface area contributed by atoms with E-state index in [0.717, 1.165) is 0 Å². The third-order valence-electron chi connectivity index (χ3n) is 1.75. The summed E-state index contributed by atoms with van der Waals surface area (Å²) in [6.45, 7) is 6.03. The Labute approximate surface area is 96.4 Å². The maximum Gasteiger partial charge on any atom is 0.317 e. The van der Waals surface area contributed by atoms with Crippen LogP contribution in [0.1, 0.15) is 33.6 Å². The van der Waals surface area contributed by atoms with Gasteiger partial charge in [-0.05, 0) is 40.8 Å². The summed E-state index contributed by atoms with van der Waals surface area (Å²) in [4.78, 5) is 23.3. The number of carbonyl (C=O) groups is 2. The van der Waals surface area contributed by atoms with E-state index in [1.165, 1.54) is 0 Å². The van der Waals surface area contributed by atoms with E-state index in [4.69, 9.17) is 9.84 Å². The molecule has 0 aromatic carbocycles. The summed E-state index contributed by atoms with van der Waals surface area (Å²) in [6.07, 6.45) is 0.930. The average Bonchev–Trinajstić information content (AvgIpc) is 1.98. The first-order valence-electron chi connectivity index (χ1n) is 5.33. The predicted octanol–water partition coefficient (Wildman–Crippen LogP) is 1.12. The second-order valence-corrected chi connectivity index (χ2v) is 4.82. The lowest BCUT2D eigenvalue weighted by Gasteiger charge is -2.20. The van der Waals surface area contributed by atoms with Crippen molar-refractivity contribution in [1.82, 2.24) is 4.90 Å². The van der Waals surface area contributed by atoms with Crippen LogP contribution < -0.4 is 0 Å². The van der Waals surface area contributed by atoms with Gasteiger partial charge in [-0.25, -0.2) is 0 Å². The normalized spacial score (nSPS) is 11.6. The van der Waals surface area contributed by atoms with E-state index in [1.54, 1.807) is 11.9 Å². The standard InChI is InChI=1S/C11H21NO4/c1-11(2,3)16-10(15)6-5-7-12(4)8-9(13)14/h5-8H2,1-4H3,(H,13,14). The highest BCUT2D eigenvalue weighted by Crippen LogP contribution is 2.09. The lowest BCUT2D eigenvalue weighted by Crippen LogP contribution is -2.28. The number of esters is 1. The molecule has 0 saturated heterocycles. The van der Waals surface area contributed by atoms with E-state index in [0.29, 0.717) is 19.4 Å². The summed E-state index contributed by atoms with van der Waals surface area (Å²) in [6, 6.07) is 0. The summed E-state index contributed by atoms with van der Waals surface area (Å²) in [5.41, 5.74) is -0.454. The SMILES string of the molecule is CN(CCCC(=O)OC(C)(C)C)CC(=O)O. The van der Waals surface area contributed by atoms with E-state index in [1.807, 2.05) is 20.8 Å². The molecule has 0 atom stereocenters. The largest absolute Gasteiger partial charge is 0.480 e. The molecule has 16 heavy (non-hydrogen) atoms. The molecule has 0 radical (unpaired) electrons. The van der Waals surface area contributed by atoms with Crippen LogP contribution in [0.15, 0.2) is 0 Å². The molecular formula is C11H21NO4. The Morgan fingerprint density at radius 2 is 1.88 bits per heavy atom. The Balaban J connectivity index is 3.66. The number of likely N-dealkylation sites (N-methyl/N-ethyl adjacent to an activating group) is 1. The molecule has 5 nitrogen and oxygen atoms in total. The van der Waals surface area contributed by atoms with Gasteiger partial charge in [0.25, 0.3) is 0 Å². The van der Waals surface area contributed by atoms with Crippen LogP contribution in [0.5, 0.6) is 0 Å². The van der Waals surface area contributed by atoms with Crippen LogP contribution in [0.4, 0.5) is 0 Å². The molecule has 0 aliphatic heterocycles. The summed E-state index contributed by atoms with van der Waals surface area (Å²) >= 11 is 0. The van der Waals surface area contributed by atoms with Crippen LogP contribution in [-0.2, 0) is 14.3 Å². The Hall–Kier alpha value is -1.10. The van der Waals surface area contributed by atoms with Gasteiger partial charge in [-0.15, -0.1) is 0 Å². The van der Waals surface area contributed by atoms with Gasteiger partial charge in [0.1, 0.15) is 5.60 Å². The first kappa shape index (κ1) is 14.9. The van der Waals surface area contributed by atoms with E-state index in [2.05, 4.69) is 0 Å². The number of hydrogen-bond donors (Lipinski definition) is 1. The molecule has 5 heteroatoms. The molecule has 0 spiro atoms. The quantitative estimate of drug-likeness (QED) is 0.694. The molecule has 0 aromatic rings. The van der Waals surface area contributed by atoms with Crippen molar-refractivity contribution >= 4 is 11.9 Å². The molecule has 0 fully saturated rings. The summed E-state index contributed by atoms with van der Waals surface area (Å²) in [5.74, 6) is -1.10. The maximum atomic E-state index is 11.3. The summed E-state index contributed by atoms with van der Waals surface area (Å²) in [5, 5.41) is 8.51. The van der Waals surface area contributed by atoms with Gasteiger partial charge >= 0.3 is 11.9 Å². The molecule has 0 saturated carbocycles. The second kappa shape index (κ2) is 6.48. The van der Waals surface area contributed by atoms with Crippen LogP contribution in [0, 0.1) is 0 Å². The zero-order valence-electron chi connectivity index (χ0n) is 10.4. The van der Waals surface area contributed by atoms with Crippen molar-refractivity contribution in [1.29, 1.82) is 0 Å². The molecule has 0 bridgehead atoms. The highest BCUT2D eigenvalue weighted by molar-refractivity contribution is 5.70. The lowest BCUT2D eigenvalue weighted by molar-refractivity contribution is -0.154. The molecule has 0 amide bonds. The fourth-order valence-corrected chi connectivity index (χ4v) is 1.20. The second-order valence-electron chi connectivity index (χ2n) is 4.82. The van der Waals surface area contributed by atoms with E-state index in [9.17, 15) is 9.59 Å². The lowest BCUT2D eigenvalue weighted by atomic mass is 10.2. The highest BCUT2D eigenvalue weighted by atomic mass is 16.6. The van der Waals surface area contributed by atoms with Crippen molar-refractivity contribution < 1.29 is 19.4 Å². The van der Waals surface area contributed by atoms with Crippen LogP contribution >= 0.6 is 0 Å². The van der Waals surface area contributed by atoms with Crippen molar-refractivity contribution in [3.05, 3.63) is 0 Å². The molecule has 94 valence electrons. The van der Waals surface area contributed by atoms with Crippen molar-refractivity contribution in [2.24, 2.45) is 0 Å². The molecule has 0 rings (SSSR count). The molecule has 0 heterocycles. The molecule has 1 N–H and O–H groups in total. The zero-order chi connectivity index (χ0) is 12.8. The van der Waals surface area contributed by atoms with Crippen LogP contribution in [-0.4, -0.2) is 47.7 Å². The number of hydrogen-bond acceptors (Lipinski definition) is 4. The number of aliphatic carboxylic acids is 1. The molecule has 0 aliphatic rings. The maximum absolute atomic E-state index is 11.3. The Morgan fingerprint density at radius 1 is 1.31 bits per heavy atom. The van der Waals surface area contributed by atoms with Crippen LogP contribution in [0.3, 0.4) is 0 Å². The third-order valence-corrected chi connectivity index (χ3v) is 1.75. The van der Waals surface area contributed by atoms with Crippen LogP contribution in [0.25, 0.3) is 0 Å². The van der Waals surface area contributed by atoms with Crippen molar-refractivity contribution in [2.45, 2.75) is 39.2 Å². The smallest absolute Gasteiger partial charge is 0.317 e. The number of nitrogens with zero attached hydrogens (tertiary/aromatic N) is 1. The molecule has 0 unspecified atom stereocenters. The fraction of sp³-hybridized carbons (Fsp3) is 0.818. The van der Waals surface area contributed by atoms with Gasteiger partial charge in [-0.1, -0.05) is 0 Å². The third kappa shape index (κ3) is 9.45. The van der Waals surface area contributed by atoms with Crippen molar-refractivity contribution in [3.63, 3.8) is 0 Å². The van der Waals surface area contributed by atoms with Gasteiger partial charge in [-0.2, -0.15) is 0 Å². The minimum atomic E-state index is -0.861. The Kier molecular flexibility index (Phi) is 6.03. The van der Waals surface area contributed by atoms with Crippen molar-refractivity contribution in [2.75, 3.05) is 20.1 Å². The van der Waals surface area contributed by atoms with Gasteiger partial charge in [0.05, 0.1) is 6.54 Å². The molecule has 0 aromatic heterocycles. The average molecular weight is 231 g/mol. The minimum Gasteiger partial charge on any atom is -0.480 e. The van der Waals surface area contributed by atoms with E-state index in [-0.39, 0.29) is 12.5 Å². The van der Waals surface area contributed by atoms with Crippen molar-refractivity contribution in [3.8, 4) is 0 Å². The van der Waals surface area contributed by atoms with Gasteiger partial charge < -0.3 is 9.84 Å². The predicted molar refractivity (Wildman–Crippen MR) is 60.2 cm³/mol. The number of carboxylic acids is 1. The fourth-order valence-electron chi connectivity index (χ4n) is 1.20. The van der Waals surface area contributed by atoms with E-state index >= 15 is 0 Å². The number of carboxylic acid groups (broad SMARTS) is 1. The van der Waals surface area contributed by atoms with Gasteiger partial charge in [-0.3, -0.25) is 14.5 Å². The Bertz CT molecular complexity index is 245. The minimum absolute atomic E-state index is 0.00564. The van der Waals surface area contributed by atoms with Gasteiger partial charge in [0.15, 0.2) is 0 Å². The topological polar surface area (TPSA) is 66.8 Å². The summed E-state index contributed by atoms with van der Waals surface area (Å²) < 4.78 is 5.13. The number of ether oxygens (including phenoxy) is 1. The number of rotatable bonds is 6.